The van der Waals surface area contributed by atoms with Gasteiger partial charge in [0.15, 0.2) is 0 Å². The van der Waals surface area contributed by atoms with E-state index >= 15 is 0 Å². The highest BCUT2D eigenvalue weighted by Gasteiger charge is 2.21. The Labute approximate surface area is 210 Å². The number of aryl methyl sites for hydroxylation is 3. The fourth-order valence-electron chi connectivity index (χ4n) is 4.68. The quantitative estimate of drug-likeness (QED) is 0.390. The third-order valence-corrected chi connectivity index (χ3v) is 6.51. The van der Waals surface area contributed by atoms with Crippen LogP contribution in [0.3, 0.4) is 0 Å². The number of carbonyl (C=O) groups is 1. The van der Waals surface area contributed by atoms with Gasteiger partial charge in [-0.1, -0.05) is 24.9 Å². The molecule has 2 aromatic heterocycles. The van der Waals surface area contributed by atoms with Crippen LogP contribution < -0.4 is 10.1 Å². The summed E-state index contributed by atoms with van der Waals surface area (Å²) in [5.74, 6) is 1.61. The predicted octanol–water partition coefficient (Wildman–Crippen LogP) is 3.48. The van der Waals surface area contributed by atoms with E-state index in [-0.39, 0.29) is 13.2 Å². The number of nitrogens with zero attached hydrogens (tertiary/aromatic N) is 3. The highest BCUT2D eigenvalue weighted by atomic mass is 16.5. The minimum atomic E-state index is -0.901. The molecule has 0 aliphatic heterocycles. The molecule has 1 amide bonds. The van der Waals surface area contributed by atoms with Crippen molar-refractivity contribution in [3.8, 4) is 28.6 Å². The summed E-state index contributed by atoms with van der Waals surface area (Å²) in [5.41, 5.74) is 5.59. The summed E-state index contributed by atoms with van der Waals surface area (Å²) >= 11 is 0. The van der Waals surface area contributed by atoms with Crippen molar-refractivity contribution in [1.82, 2.24) is 20.4 Å². The molecule has 1 aliphatic carbocycles. The van der Waals surface area contributed by atoms with Crippen LogP contribution in [0.4, 0.5) is 0 Å². The van der Waals surface area contributed by atoms with Crippen molar-refractivity contribution in [2.45, 2.75) is 64.9 Å². The molecule has 1 aromatic carbocycles. The van der Waals surface area contributed by atoms with Crippen molar-refractivity contribution in [3.63, 3.8) is 0 Å². The zero-order valence-corrected chi connectivity index (χ0v) is 21.1. The number of hydrogen-bond donors (Lipinski definition) is 3. The molecule has 4 rings (SSSR count). The zero-order valence-electron chi connectivity index (χ0n) is 21.1. The Morgan fingerprint density at radius 1 is 1.17 bits per heavy atom. The molecule has 1 unspecified atom stereocenters. The van der Waals surface area contributed by atoms with Gasteiger partial charge in [0.2, 0.25) is 11.7 Å². The predicted molar refractivity (Wildman–Crippen MR) is 135 cm³/mol. The van der Waals surface area contributed by atoms with Crippen LogP contribution in [0.25, 0.3) is 22.8 Å². The first-order chi connectivity index (χ1) is 17.4. The minimum absolute atomic E-state index is 0.000556. The largest absolute Gasteiger partial charge is 0.490 e. The SMILES string of the molecule is CCc1cc(-c2noc(-c3cc(C)nc(C4CCCC4)c3)n2)cc(C)c1OCC(O)CNC(=O)CO. The lowest BCUT2D eigenvalue weighted by Gasteiger charge is -2.17. The third kappa shape index (κ3) is 6.09. The van der Waals surface area contributed by atoms with Crippen LogP contribution in [0.5, 0.6) is 5.75 Å². The molecule has 1 atom stereocenters. The molecule has 36 heavy (non-hydrogen) atoms. The second kappa shape index (κ2) is 11.6. The molecule has 0 spiro atoms. The van der Waals surface area contributed by atoms with Crippen LogP contribution in [0.15, 0.2) is 28.8 Å². The van der Waals surface area contributed by atoms with Gasteiger partial charge >= 0.3 is 0 Å². The number of aromatic nitrogens is 3. The van der Waals surface area contributed by atoms with E-state index in [2.05, 4.69) is 21.5 Å². The first-order valence-electron chi connectivity index (χ1n) is 12.5. The van der Waals surface area contributed by atoms with E-state index in [1.165, 1.54) is 25.7 Å². The first kappa shape index (κ1) is 25.8. The molecule has 0 radical (unpaired) electrons. The van der Waals surface area contributed by atoms with Crippen molar-refractivity contribution in [2.75, 3.05) is 19.8 Å². The maximum absolute atomic E-state index is 11.2. The number of aliphatic hydroxyl groups is 2. The number of nitrogens with one attached hydrogen (secondary N) is 1. The summed E-state index contributed by atoms with van der Waals surface area (Å²) in [7, 11) is 0. The van der Waals surface area contributed by atoms with Gasteiger partial charge in [-0.05, 0) is 68.5 Å². The molecule has 9 heteroatoms. The molecular formula is C27H34N4O5. The summed E-state index contributed by atoms with van der Waals surface area (Å²) < 4.78 is 11.5. The Morgan fingerprint density at radius 2 is 1.94 bits per heavy atom. The van der Waals surface area contributed by atoms with E-state index in [0.717, 1.165) is 33.6 Å². The maximum atomic E-state index is 11.2. The fraction of sp³-hybridized carbons (Fsp3) is 0.481. The van der Waals surface area contributed by atoms with Crippen LogP contribution in [0.2, 0.25) is 0 Å². The van der Waals surface area contributed by atoms with Crippen LogP contribution in [-0.4, -0.2) is 57.1 Å². The molecule has 0 saturated heterocycles. The van der Waals surface area contributed by atoms with Crippen LogP contribution in [0, 0.1) is 13.8 Å². The number of pyridine rings is 1. The lowest BCUT2D eigenvalue weighted by molar-refractivity contribution is -0.124. The van der Waals surface area contributed by atoms with Gasteiger partial charge in [-0.2, -0.15) is 4.98 Å². The maximum Gasteiger partial charge on any atom is 0.258 e. The molecule has 1 aliphatic rings. The van der Waals surface area contributed by atoms with Gasteiger partial charge in [-0.3, -0.25) is 9.78 Å². The monoisotopic (exact) mass is 494 g/mol. The standard InChI is InChI=1S/C27H34N4O5/c1-4-18-11-20(9-16(2)25(18)35-15-22(33)13-28-24(34)14-32)26-30-27(36-31-26)21-10-17(3)29-23(12-21)19-7-5-6-8-19/h9-12,19,22,32-33H,4-8,13-15H2,1-3H3,(H,28,34). The second-order valence-electron chi connectivity index (χ2n) is 9.39. The Bertz CT molecular complexity index is 1200. The lowest BCUT2D eigenvalue weighted by atomic mass is 10.0. The number of aliphatic hydroxyl groups excluding tert-OH is 2. The van der Waals surface area contributed by atoms with Crippen molar-refractivity contribution in [2.24, 2.45) is 0 Å². The summed E-state index contributed by atoms with van der Waals surface area (Å²) in [6.45, 7) is 5.34. The highest BCUT2D eigenvalue weighted by molar-refractivity contribution is 5.76. The molecule has 1 saturated carbocycles. The molecule has 1 fully saturated rings. The average molecular weight is 495 g/mol. The zero-order chi connectivity index (χ0) is 25.7. The first-order valence-corrected chi connectivity index (χ1v) is 12.5. The number of hydrogen-bond acceptors (Lipinski definition) is 8. The average Bonchev–Trinajstić information content (AvgIpc) is 3.58. The molecule has 0 bridgehead atoms. The number of ether oxygens (including phenoxy) is 1. The van der Waals surface area contributed by atoms with Crippen LogP contribution in [0.1, 0.15) is 61.0 Å². The Hall–Kier alpha value is -3.30. The van der Waals surface area contributed by atoms with Gasteiger partial charge in [-0.25, -0.2) is 0 Å². The summed E-state index contributed by atoms with van der Waals surface area (Å²) in [6, 6.07) is 7.96. The molecule has 3 aromatic rings. The topological polar surface area (TPSA) is 131 Å². The Morgan fingerprint density at radius 3 is 2.67 bits per heavy atom. The lowest BCUT2D eigenvalue weighted by Crippen LogP contribution is -2.36. The highest BCUT2D eigenvalue weighted by Crippen LogP contribution is 2.35. The Balaban J connectivity index is 1.51. The summed E-state index contributed by atoms with van der Waals surface area (Å²) in [6.07, 6.45) is 4.65. The molecule has 3 N–H and O–H groups in total. The smallest absolute Gasteiger partial charge is 0.258 e. The van der Waals surface area contributed by atoms with E-state index in [1.54, 1.807) is 0 Å². The number of amides is 1. The van der Waals surface area contributed by atoms with Gasteiger partial charge in [0.1, 0.15) is 25.1 Å². The molecule has 9 nitrogen and oxygen atoms in total. The van der Waals surface area contributed by atoms with E-state index in [9.17, 15) is 9.90 Å². The van der Waals surface area contributed by atoms with Crippen molar-refractivity contribution in [1.29, 1.82) is 0 Å². The van der Waals surface area contributed by atoms with Crippen LogP contribution in [-0.2, 0) is 11.2 Å². The fourth-order valence-corrected chi connectivity index (χ4v) is 4.68. The Kier molecular flexibility index (Phi) is 8.32. The normalized spacial score (nSPS) is 14.7. The van der Waals surface area contributed by atoms with Gasteiger partial charge in [0, 0.05) is 35.0 Å². The number of rotatable bonds is 10. The molecule has 192 valence electrons. The number of benzene rings is 1. The van der Waals surface area contributed by atoms with E-state index in [1.807, 2.05) is 39.0 Å². The van der Waals surface area contributed by atoms with E-state index in [4.69, 9.17) is 19.4 Å². The second-order valence-corrected chi connectivity index (χ2v) is 9.39. The van der Waals surface area contributed by atoms with Gasteiger partial charge in [0.25, 0.3) is 5.89 Å². The van der Waals surface area contributed by atoms with Gasteiger partial charge in [-0.15, -0.1) is 0 Å². The third-order valence-electron chi connectivity index (χ3n) is 6.51. The van der Waals surface area contributed by atoms with E-state index in [0.29, 0.717) is 29.8 Å². The summed E-state index contributed by atoms with van der Waals surface area (Å²) in [4.78, 5) is 20.6. The van der Waals surface area contributed by atoms with Crippen molar-refractivity contribution < 1.29 is 24.3 Å². The minimum Gasteiger partial charge on any atom is -0.490 e. The molecular weight excluding hydrogens is 460 g/mol. The molecule has 2 heterocycles. The number of carbonyl (C=O) groups excluding carboxylic acids is 1. The van der Waals surface area contributed by atoms with Crippen molar-refractivity contribution >= 4 is 5.91 Å². The van der Waals surface area contributed by atoms with Crippen molar-refractivity contribution in [3.05, 3.63) is 46.8 Å². The van der Waals surface area contributed by atoms with Gasteiger partial charge < -0.3 is 24.8 Å². The van der Waals surface area contributed by atoms with Crippen LogP contribution >= 0.6 is 0 Å². The van der Waals surface area contributed by atoms with Gasteiger partial charge in [0.05, 0.1) is 0 Å². The van der Waals surface area contributed by atoms with E-state index < -0.39 is 18.6 Å². The summed E-state index contributed by atoms with van der Waals surface area (Å²) in [5, 5.41) is 25.5.